The first-order valence-corrected chi connectivity index (χ1v) is 5.10. The predicted molar refractivity (Wildman–Crippen MR) is 62.2 cm³/mol. The number of carbonyl (C=O) groups is 2. The quantitative estimate of drug-likeness (QED) is 0.831. The minimum Gasteiger partial charge on any atom is -0.478 e. The van der Waals surface area contributed by atoms with Gasteiger partial charge in [-0.15, -0.1) is 13.2 Å². The molecule has 0 atom stereocenters. The lowest BCUT2D eigenvalue weighted by molar-refractivity contribution is -0.148. The van der Waals surface area contributed by atoms with E-state index in [0.29, 0.717) is 0 Å². The number of benzene rings is 1. The highest BCUT2D eigenvalue weighted by molar-refractivity contribution is 5.96. The van der Waals surface area contributed by atoms with Crippen molar-refractivity contribution in [1.29, 1.82) is 0 Å². The molecule has 1 aromatic rings. The molecular formula is C11H11F3N2O3. The number of alkyl halides is 3. The van der Waals surface area contributed by atoms with Crippen LogP contribution in [0.15, 0.2) is 18.2 Å². The van der Waals surface area contributed by atoms with E-state index in [1.807, 2.05) is 0 Å². The topological polar surface area (TPSA) is 69.6 Å². The van der Waals surface area contributed by atoms with E-state index in [0.717, 1.165) is 19.1 Å². The van der Waals surface area contributed by atoms with Crippen LogP contribution in [0.4, 0.5) is 24.5 Å². The van der Waals surface area contributed by atoms with Gasteiger partial charge in [0.15, 0.2) is 0 Å². The number of carbonyl (C=O) groups excluding carboxylic acids is 1. The normalized spacial score (nSPS) is 11.0. The van der Waals surface area contributed by atoms with Crippen LogP contribution in [0.3, 0.4) is 0 Å². The summed E-state index contributed by atoms with van der Waals surface area (Å²) < 4.78 is 38.3. The van der Waals surface area contributed by atoms with E-state index in [1.165, 1.54) is 13.1 Å². The van der Waals surface area contributed by atoms with E-state index in [9.17, 15) is 22.8 Å². The van der Waals surface area contributed by atoms with E-state index in [4.69, 9.17) is 5.11 Å². The summed E-state index contributed by atoms with van der Waals surface area (Å²) in [6.45, 7) is 0.750. The van der Waals surface area contributed by atoms with Crippen molar-refractivity contribution in [3.63, 3.8) is 0 Å². The summed E-state index contributed by atoms with van der Waals surface area (Å²) in [5.74, 6) is -2.64. The Hall–Kier alpha value is -2.25. The second kappa shape index (κ2) is 5.17. The molecule has 0 saturated heterocycles. The number of hydrogen-bond donors (Lipinski definition) is 2. The number of nitrogens with one attached hydrogen (secondary N) is 1. The van der Waals surface area contributed by atoms with E-state index < -0.39 is 28.8 Å². The molecule has 19 heavy (non-hydrogen) atoms. The summed E-state index contributed by atoms with van der Waals surface area (Å²) in [6.07, 6.45) is -4.92. The Morgan fingerprint density at radius 1 is 1.26 bits per heavy atom. The number of aromatic carboxylic acids is 1. The average molecular weight is 276 g/mol. The van der Waals surface area contributed by atoms with Gasteiger partial charge in [-0.3, -0.25) is 4.79 Å². The zero-order valence-corrected chi connectivity index (χ0v) is 10.1. The van der Waals surface area contributed by atoms with Gasteiger partial charge < -0.3 is 10.4 Å². The van der Waals surface area contributed by atoms with Crippen molar-refractivity contribution >= 4 is 23.3 Å². The van der Waals surface area contributed by atoms with E-state index >= 15 is 0 Å². The Balaban J connectivity index is 3.42. The molecule has 8 heteroatoms. The molecule has 5 nitrogen and oxygen atoms in total. The first-order chi connectivity index (χ1) is 8.66. The Kier molecular flexibility index (Phi) is 4.03. The van der Waals surface area contributed by atoms with E-state index in [-0.39, 0.29) is 11.3 Å². The van der Waals surface area contributed by atoms with Gasteiger partial charge in [0, 0.05) is 19.7 Å². The van der Waals surface area contributed by atoms with Crippen molar-refractivity contribution in [2.24, 2.45) is 0 Å². The number of carboxylic acid groups (broad SMARTS) is 1. The first kappa shape index (κ1) is 14.8. The number of nitrogens with zero attached hydrogens (tertiary/aromatic N) is 1. The van der Waals surface area contributed by atoms with Crippen LogP contribution in [0.2, 0.25) is 0 Å². The fraction of sp³-hybridized carbons (Fsp3) is 0.273. The Bertz CT molecular complexity index is 514. The van der Waals surface area contributed by atoms with Crippen molar-refractivity contribution < 1.29 is 27.9 Å². The molecule has 2 N–H and O–H groups in total. The van der Waals surface area contributed by atoms with Gasteiger partial charge in [-0.2, -0.15) is 0 Å². The number of hydrogen-bond acceptors (Lipinski definition) is 3. The Labute approximate surface area is 106 Å². The lowest BCUT2D eigenvalue weighted by atomic mass is 10.1. The third kappa shape index (κ3) is 3.36. The zero-order chi connectivity index (χ0) is 14.8. The van der Waals surface area contributed by atoms with Crippen LogP contribution >= 0.6 is 0 Å². The highest BCUT2D eigenvalue weighted by Crippen LogP contribution is 2.31. The fourth-order valence-electron chi connectivity index (χ4n) is 1.51. The van der Waals surface area contributed by atoms with Crippen LogP contribution in [0.25, 0.3) is 0 Å². The number of anilines is 2. The molecule has 0 radical (unpaired) electrons. The monoisotopic (exact) mass is 276 g/mol. The van der Waals surface area contributed by atoms with Crippen molar-refractivity contribution in [2.75, 3.05) is 17.3 Å². The number of amides is 1. The van der Waals surface area contributed by atoms with Crippen LogP contribution in [0.5, 0.6) is 0 Å². The minimum atomic E-state index is -4.92. The number of rotatable bonds is 3. The molecule has 0 saturated carbocycles. The fourth-order valence-corrected chi connectivity index (χ4v) is 1.51. The summed E-state index contributed by atoms with van der Waals surface area (Å²) in [6, 6.07) is 3.00. The summed E-state index contributed by atoms with van der Waals surface area (Å²) >= 11 is 0. The molecule has 0 aromatic heterocycles. The summed E-state index contributed by atoms with van der Waals surface area (Å²) in [5.41, 5.74) is -0.744. The second-order valence-corrected chi connectivity index (χ2v) is 3.65. The van der Waals surface area contributed by atoms with Crippen LogP contribution in [0.1, 0.15) is 17.3 Å². The van der Waals surface area contributed by atoms with Crippen molar-refractivity contribution in [2.45, 2.75) is 13.2 Å². The highest BCUT2D eigenvalue weighted by Gasteiger charge is 2.41. The molecule has 0 bridgehead atoms. The first-order valence-electron chi connectivity index (χ1n) is 5.10. The average Bonchev–Trinajstić information content (AvgIpc) is 2.25. The SMILES string of the molecule is CNc1cc(C(=O)O)cc(N(C(C)=O)C(F)(F)F)c1. The van der Waals surface area contributed by atoms with E-state index in [2.05, 4.69) is 5.32 Å². The molecule has 0 fully saturated rings. The van der Waals surface area contributed by atoms with Crippen molar-refractivity contribution in [3.8, 4) is 0 Å². The maximum atomic E-state index is 12.8. The summed E-state index contributed by atoms with van der Waals surface area (Å²) in [7, 11) is 1.43. The Morgan fingerprint density at radius 2 is 1.84 bits per heavy atom. The minimum absolute atomic E-state index is 0.158. The largest absolute Gasteiger partial charge is 0.491 e. The maximum Gasteiger partial charge on any atom is 0.491 e. The van der Waals surface area contributed by atoms with Crippen LogP contribution in [-0.4, -0.2) is 30.3 Å². The summed E-state index contributed by atoms with van der Waals surface area (Å²) in [5, 5.41) is 11.4. The molecule has 1 rings (SSSR count). The van der Waals surface area contributed by atoms with Gasteiger partial charge in [-0.05, 0) is 18.2 Å². The van der Waals surface area contributed by atoms with Gasteiger partial charge in [0.2, 0.25) is 5.91 Å². The second-order valence-electron chi connectivity index (χ2n) is 3.65. The molecule has 0 unspecified atom stereocenters. The molecule has 1 aromatic carbocycles. The van der Waals surface area contributed by atoms with Gasteiger partial charge in [-0.25, -0.2) is 9.69 Å². The molecule has 0 aliphatic rings. The molecule has 0 heterocycles. The molecule has 0 aliphatic carbocycles. The summed E-state index contributed by atoms with van der Waals surface area (Å²) in [4.78, 5) is 21.5. The predicted octanol–water partition coefficient (Wildman–Crippen LogP) is 2.30. The van der Waals surface area contributed by atoms with Crippen molar-refractivity contribution in [3.05, 3.63) is 23.8 Å². The zero-order valence-electron chi connectivity index (χ0n) is 10.1. The molecular weight excluding hydrogens is 265 g/mol. The molecule has 0 aliphatic heterocycles. The molecule has 1 amide bonds. The number of halogens is 3. The maximum absolute atomic E-state index is 12.8. The van der Waals surface area contributed by atoms with Gasteiger partial charge in [0.05, 0.1) is 11.3 Å². The van der Waals surface area contributed by atoms with Gasteiger partial charge >= 0.3 is 12.3 Å². The number of carboxylic acids is 1. The smallest absolute Gasteiger partial charge is 0.478 e. The van der Waals surface area contributed by atoms with E-state index in [1.54, 1.807) is 0 Å². The van der Waals surface area contributed by atoms with Crippen LogP contribution in [0, 0.1) is 0 Å². The standard InChI is InChI=1S/C11H11F3N2O3/c1-6(17)16(11(12,13)14)9-4-7(10(18)19)3-8(5-9)15-2/h3-5,15H,1-2H3,(H,18,19). The van der Waals surface area contributed by atoms with Crippen LogP contribution in [-0.2, 0) is 4.79 Å². The van der Waals surface area contributed by atoms with Crippen molar-refractivity contribution in [1.82, 2.24) is 0 Å². The highest BCUT2D eigenvalue weighted by atomic mass is 19.4. The van der Waals surface area contributed by atoms with Gasteiger partial charge in [0.25, 0.3) is 0 Å². The van der Waals surface area contributed by atoms with Gasteiger partial charge in [0.1, 0.15) is 0 Å². The molecule has 0 spiro atoms. The lowest BCUT2D eigenvalue weighted by Crippen LogP contribution is -2.41. The van der Waals surface area contributed by atoms with Gasteiger partial charge in [-0.1, -0.05) is 0 Å². The third-order valence-electron chi connectivity index (χ3n) is 2.28. The molecule has 104 valence electrons. The Morgan fingerprint density at radius 3 is 2.21 bits per heavy atom. The van der Waals surface area contributed by atoms with Crippen LogP contribution < -0.4 is 10.2 Å². The lowest BCUT2D eigenvalue weighted by Gasteiger charge is -2.24. The third-order valence-corrected chi connectivity index (χ3v) is 2.28.